The van der Waals surface area contributed by atoms with Crippen LogP contribution in [0, 0.1) is 5.92 Å². The van der Waals surface area contributed by atoms with Gasteiger partial charge in [0.1, 0.15) is 5.67 Å². The largest absolute Gasteiger partial charge is 0.393 e. The molecule has 1 aliphatic rings. The van der Waals surface area contributed by atoms with E-state index in [1.54, 1.807) is 6.92 Å². The first-order chi connectivity index (χ1) is 4.10. The summed E-state index contributed by atoms with van der Waals surface area (Å²) in [4.78, 5) is 0. The Morgan fingerprint density at radius 3 is 2.56 bits per heavy atom. The van der Waals surface area contributed by atoms with Gasteiger partial charge in [-0.15, -0.1) is 0 Å². The molecule has 3 N–H and O–H groups in total. The maximum atomic E-state index is 12.9. The van der Waals surface area contributed by atoms with Gasteiger partial charge in [0.05, 0.1) is 6.61 Å². The Labute approximate surface area is 53.9 Å². The van der Waals surface area contributed by atoms with E-state index in [0.29, 0.717) is 6.42 Å². The molecule has 0 amide bonds. The smallest absolute Gasteiger partial charge is 0.139 e. The van der Waals surface area contributed by atoms with Crippen LogP contribution in [0.1, 0.15) is 13.3 Å². The van der Waals surface area contributed by atoms with E-state index in [9.17, 15) is 4.39 Å². The summed E-state index contributed by atoms with van der Waals surface area (Å²) in [5, 5.41) is 8.50. The van der Waals surface area contributed by atoms with Gasteiger partial charge in [-0.1, -0.05) is 6.92 Å². The Morgan fingerprint density at radius 1 is 1.89 bits per heavy atom. The Balaban J connectivity index is 2.48. The average molecular weight is 133 g/mol. The molecule has 0 heterocycles. The molecular weight excluding hydrogens is 121 g/mol. The summed E-state index contributed by atoms with van der Waals surface area (Å²) in [7, 11) is 0. The van der Waals surface area contributed by atoms with Crippen LogP contribution >= 0.6 is 0 Å². The van der Waals surface area contributed by atoms with Gasteiger partial charge >= 0.3 is 0 Å². The lowest BCUT2D eigenvalue weighted by Gasteiger charge is -2.45. The quantitative estimate of drug-likeness (QED) is 0.531. The summed E-state index contributed by atoms with van der Waals surface area (Å²) in [5.41, 5.74) is 4.05. The van der Waals surface area contributed by atoms with Crippen molar-refractivity contribution in [2.45, 2.75) is 25.1 Å². The third-order valence-corrected chi connectivity index (χ3v) is 2.30. The molecule has 3 atom stereocenters. The van der Waals surface area contributed by atoms with Crippen LogP contribution in [-0.2, 0) is 0 Å². The molecule has 1 rings (SSSR count). The van der Waals surface area contributed by atoms with Crippen molar-refractivity contribution >= 4 is 0 Å². The Bertz CT molecular complexity index is 120. The van der Waals surface area contributed by atoms with E-state index in [1.165, 1.54) is 0 Å². The summed E-state index contributed by atoms with van der Waals surface area (Å²) in [6, 6.07) is -0.0536. The molecule has 0 aromatic rings. The molecule has 0 saturated heterocycles. The van der Waals surface area contributed by atoms with Crippen molar-refractivity contribution in [2.75, 3.05) is 6.61 Å². The first-order valence-electron chi connectivity index (χ1n) is 3.15. The fourth-order valence-corrected chi connectivity index (χ4v) is 1.19. The topological polar surface area (TPSA) is 46.2 Å². The Hall–Kier alpha value is -0.150. The van der Waals surface area contributed by atoms with Crippen molar-refractivity contribution in [1.82, 2.24) is 0 Å². The van der Waals surface area contributed by atoms with Gasteiger partial charge in [0, 0.05) is 12.0 Å². The first kappa shape index (κ1) is 6.96. The fraction of sp³-hybridized carbons (Fsp3) is 1.00. The van der Waals surface area contributed by atoms with Crippen LogP contribution in [0.4, 0.5) is 4.39 Å². The van der Waals surface area contributed by atoms with Gasteiger partial charge in [-0.05, 0) is 6.42 Å². The number of hydrogen-bond donors (Lipinski definition) is 2. The summed E-state index contributed by atoms with van der Waals surface area (Å²) in [6.07, 6.45) is 0.310. The standard InChI is InChI=1S/C6H12FNO/c1-4-5(8)2-6(4,7)3-9/h4-5,9H,2-3,8H2,1H3. The predicted octanol–water partition coefficient (Wildman–Crippen LogP) is 0.0541. The van der Waals surface area contributed by atoms with Crippen LogP contribution in [0.25, 0.3) is 0 Å². The lowest BCUT2D eigenvalue weighted by molar-refractivity contribution is -0.0656. The molecule has 2 nitrogen and oxygen atoms in total. The number of halogens is 1. The highest BCUT2D eigenvalue weighted by Crippen LogP contribution is 2.40. The van der Waals surface area contributed by atoms with Gasteiger partial charge in [-0.25, -0.2) is 4.39 Å². The van der Waals surface area contributed by atoms with E-state index in [-0.39, 0.29) is 18.6 Å². The third kappa shape index (κ3) is 0.843. The third-order valence-electron chi connectivity index (χ3n) is 2.30. The number of aliphatic hydroxyl groups excluding tert-OH is 1. The number of alkyl halides is 1. The van der Waals surface area contributed by atoms with E-state index in [0.717, 1.165) is 0 Å². The van der Waals surface area contributed by atoms with Gasteiger partial charge in [-0.2, -0.15) is 0 Å². The lowest BCUT2D eigenvalue weighted by Crippen LogP contribution is -2.59. The maximum Gasteiger partial charge on any atom is 0.139 e. The van der Waals surface area contributed by atoms with Crippen LogP contribution in [0.2, 0.25) is 0 Å². The molecule has 0 bridgehead atoms. The minimum Gasteiger partial charge on any atom is -0.393 e. The summed E-state index contributed by atoms with van der Waals surface area (Å²) < 4.78 is 12.9. The van der Waals surface area contributed by atoms with Crippen molar-refractivity contribution in [3.8, 4) is 0 Å². The van der Waals surface area contributed by atoms with E-state index in [1.807, 2.05) is 0 Å². The van der Waals surface area contributed by atoms with Crippen molar-refractivity contribution in [3.05, 3.63) is 0 Å². The van der Waals surface area contributed by atoms with Gasteiger partial charge in [0.2, 0.25) is 0 Å². The van der Waals surface area contributed by atoms with E-state index in [2.05, 4.69) is 0 Å². The monoisotopic (exact) mass is 133 g/mol. The minimum atomic E-state index is -1.38. The molecule has 3 unspecified atom stereocenters. The van der Waals surface area contributed by atoms with E-state index in [4.69, 9.17) is 10.8 Å². The summed E-state index contributed by atoms with van der Waals surface area (Å²) in [5.74, 6) is -0.178. The molecule has 3 heteroatoms. The average Bonchev–Trinajstić information content (AvgIpc) is 1.87. The highest BCUT2D eigenvalue weighted by Gasteiger charge is 2.49. The SMILES string of the molecule is CC1C(N)CC1(F)CO. The highest BCUT2D eigenvalue weighted by molar-refractivity contribution is 5.02. The second-order valence-corrected chi connectivity index (χ2v) is 2.85. The Morgan fingerprint density at radius 2 is 2.44 bits per heavy atom. The molecule has 0 aromatic carbocycles. The predicted molar refractivity (Wildman–Crippen MR) is 32.7 cm³/mol. The zero-order chi connectivity index (χ0) is 7.07. The van der Waals surface area contributed by atoms with Gasteiger partial charge in [0.25, 0.3) is 0 Å². The van der Waals surface area contributed by atoms with Crippen LogP contribution in [0.3, 0.4) is 0 Å². The molecule has 9 heavy (non-hydrogen) atoms. The highest BCUT2D eigenvalue weighted by atomic mass is 19.1. The van der Waals surface area contributed by atoms with E-state index >= 15 is 0 Å². The molecule has 0 aliphatic heterocycles. The van der Waals surface area contributed by atoms with Crippen molar-refractivity contribution in [1.29, 1.82) is 0 Å². The van der Waals surface area contributed by atoms with Gasteiger partial charge in [0.15, 0.2) is 0 Å². The molecule has 0 radical (unpaired) electrons. The number of aliphatic hydroxyl groups is 1. The zero-order valence-electron chi connectivity index (χ0n) is 5.47. The molecule has 1 fully saturated rings. The van der Waals surface area contributed by atoms with Crippen molar-refractivity contribution in [3.63, 3.8) is 0 Å². The minimum absolute atomic E-state index is 0.0536. The first-order valence-corrected chi connectivity index (χ1v) is 3.15. The fourth-order valence-electron chi connectivity index (χ4n) is 1.19. The normalized spacial score (nSPS) is 50.7. The van der Waals surface area contributed by atoms with Gasteiger partial charge < -0.3 is 10.8 Å². The molecule has 54 valence electrons. The molecule has 1 aliphatic carbocycles. The van der Waals surface area contributed by atoms with Gasteiger partial charge in [-0.3, -0.25) is 0 Å². The van der Waals surface area contributed by atoms with Crippen LogP contribution in [0.15, 0.2) is 0 Å². The number of rotatable bonds is 1. The molecule has 0 spiro atoms. The molecule has 1 saturated carbocycles. The molecule has 0 aromatic heterocycles. The summed E-state index contributed by atoms with van der Waals surface area (Å²) in [6.45, 7) is 1.34. The van der Waals surface area contributed by atoms with Crippen molar-refractivity contribution < 1.29 is 9.50 Å². The Kier molecular flexibility index (Phi) is 1.49. The zero-order valence-corrected chi connectivity index (χ0v) is 5.47. The number of hydrogen-bond acceptors (Lipinski definition) is 2. The van der Waals surface area contributed by atoms with E-state index < -0.39 is 5.67 Å². The lowest BCUT2D eigenvalue weighted by atomic mass is 9.68. The summed E-state index contributed by atoms with van der Waals surface area (Å²) >= 11 is 0. The maximum absolute atomic E-state index is 12.9. The second-order valence-electron chi connectivity index (χ2n) is 2.85. The van der Waals surface area contributed by atoms with Crippen LogP contribution < -0.4 is 5.73 Å². The van der Waals surface area contributed by atoms with Crippen LogP contribution in [-0.4, -0.2) is 23.4 Å². The van der Waals surface area contributed by atoms with Crippen molar-refractivity contribution in [2.24, 2.45) is 11.7 Å². The second kappa shape index (κ2) is 1.92. The number of nitrogens with two attached hydrogens (primary N) is 1. The molecular formula is C6H12FNO. The van der Waals surface area contributed by atoms with Crippen LogP contribution in [0.5, 0.6) is 0 Å².